The molecule has 4 heteroatoms. The van der Waals surface area contributed by atoms with Gasteiger partial charge in [0.15, 0.2) is 0 Å². The normalized spacial score (nSPS) is 11.3. The third-order valence-electron chi connectivity index (χ3n) is 8.20. The van der Waals surface area contributed by atoms with Gasteiger partial charge >= 0.3 is 0 Å². The molecule has 0 amide bonds. The average Bonchev–Trinajstić information content (AvgIpc) is 3.57. The van der Waals surface area contributed by atoms with Gasteiger partial charge in [0, 0.05) is 32.8 Å². The maximum Gasteiger partial charge on any atom is 0.101 e. The first-order chi connectivity index (χ1) is 20.8. The molecule has 0 saturated heterocycles. The first kappa shape index (κ1) is 23.8. The molecule has 0 unspecified atom stereocenters. The van der Waals surface area contributed by atoms with Crippen LogP contribution in [0.2, 0.25) is 0 Å². The number of rotatable bonds is 3. The number of nitrogens with zero attached hydrogens (tertiary/aromatic N) is 4. The second kappa shape index (κ2) is 9.24. The summed E-state index contributed by atoms with van der Waals surface area (Å²) >= 11 is 0. The van der Waals surface area contributed by atoms with Gasteiger partial charge in [0.05, 0.1) is 45.0 Å². The highest BCUT2D eigenvalue weighted by Gasteiger charge is 2.19. The minimum atomic E-state index is 0.638. The van der Waals surface area contributed by atoms with Gasteiger partial charge in [0.2, 0.25) is 0 Å². The summed E-state index contributed by atoms with van der Waals surface area (Å²) in [6, 6.07) is 50.1. The van der Waals surface area contributed by atoms with Crippen molar-refractivity contribution < 1.29 is 0 Å². The molecule has 0 N–H and O–H groups in total. The molecule has 42 heavy (non-hydrogen) atoms. The lowest BCUT2D eigenvalue weighted by molar-refractivity contribution is 1.17. The molecule has 0 radical (unpaired) electrons. The van der Waals surface area contributed by atoms with Crippen LogP contribution in [0.15, 0.2) is 133 Å². The molecule has 0 aliphatic rings. The lowest BCUT2D eigenvalue weighted by Gasteiger charge is -2.13. The Hall–Kier alpha value is -6.10. The quantitative estimate of drug-likeness (QED) is 0.227. The van der Waals surface area contributed by atoms with E-state index in [1.54, 1.807) is 0 Å². The molecule has 0 aliphatic heterocycles. The molecule has 0 bridgehead atoms. The zero-order valence-electron chi connectivity index (χ0n) is 22.5. The van der Waals surface area contributed by atoms with Crippen LogP contribution < -0.4 is 0 Å². The number of benzene rings is 6. The van der Waals surface area contributed by atoms with E-state index in [2.05, 4.69) is 100 Å². The van der Waals surface area contributed by atoms with E-state index in [0.29, 0.717) is 11.1 Å². The van der Waals surface area contributed by atoms with Crippen LogP contribution in [0.4, 0.5) is 0 Å². The second-order valence-electron chi connectivity index (χ2n) is 10.4. The number of para-hydroxylation sites is 4. The Morgan fingerprint density at radius 2 is 1.12 bits per heavy atom. The smallest absolute Gasteiger partial charge is 0.101 e. The Labute approximate surface area is 242 Å². The lowest BCUT2D eigenvalue weighted by Crippen LogP contribution is -1.97. The van der Waals surface area contributed by atoms with Crippen LogP contribution in [-0.4, -0.2) is 9.13 Å². The number of hydrogen-bond donors (Lipinski definition) is 0. The van der Waals surface area contributed by atoms with Gasteiger partial charge in [0.1, 0.15) is 6.07 Å². The summed E-state index contributed by atoms with van der Waals surface area (Å²) in [4.78, 5) is 0. The summed E-state index contributed by atoms with van der Waals surface area (Å²) in [5.74, 6) is 0. The van der Waals surface area contributed by atoms with Crippen LogP contribution in [0.5, 0.6) is 0 Å². The van der Waals surface area contributed by atoms with Crippen LogP contribution in [0.1, 0.15) is 11.1 Å². The lowest BCUT2D eigenvalue weighted by atomic mass is 10.00. The summed E-state index contributed by atoms with van der Waals surface area (Å²) < 4.78 is 4.50. The molecule has 194 valence electrons. The highest BCUT2D eigenvalue weighted by Crippen LogP contribution is 2.40. The van der Waals surface area contributed by atoms with Gasteiger partial charge in [-0.25, -0.2) is 0 Å². The van der Waals surface area contributed by atoms with E-state index < -0.39 is 0 Å². The van der Waals surface area contributed by atoms with Gasteiger partial charge in [-0.3, -0.25) is 0 Å². The van der Waals surface area contributed by atoms with Crippen molar-refractivity contribution in [3.63, 3.8) is 0 Å². The van der Waals surface area contributed by atoms with E-state index in [1.165, 1.54) is 10.8 Å². The van der Waals surface area contributed by atoms with Crippen molar-refractivity contribution in [1.29, 1.82) is 10.5 Å². The van der Waals surface area contributed by atoms with Crippen molar-refractivity contribution in [2.75, 3.05) is 0 Å². The van der Waals surface area contributed by atoms with Gasteiger partial charge in [-0.15, -0.1) is 0 Å². The standard InChI is InChI=1S/C38H22N4/c39-23-25-16-19-28(20-17-25)41-35-14-5-2-9-30(35)32-12-7-11-29(38(32)41)26-18-21-37-33(22-26)31-10-3-6-15-36(31)42(37)34-13-4-1-8-27(34)24-40/h1-22H. The number of nitriles is 2. The Balaban J connectivity index is 1.44. The number of fused-ring (bicyclic) bond motifs is 6. The van der Waals surface area contributed by atoms with Crippen LogP contribution in [-0.2, 0) is 0 Å². The van der Waals surface area contributed by atoms with Gasteiger partial charge in [0.25, 0.3) is 0 Å². The summed E-state index contributed by atoms with van der Waals surface area (Å²) in [7, 11) is 0. The molecule has 0 fully saturated rings. The van der Waals surface area contributed by atoms with Gasteiger partial charge < -0.3 is 9.13 Å². The van der Waals surface area contributed by atoms with E-state index in [1.807, 2.05) is 54.6 Å². The van der Waals surface area contributed by atoms with Crippen molar-refractivity contribution in [2.45, 2.75) is 0 Å². The highest BCUT2D eigenvalue weighted by atomic mass is 15.0. The van der Waals surface area contributed by atoms with Crippen LogP contribution in [0.25, 0.3) is 66.1 Å². The van der Waals surface area contributed by atoms with Gasteiger partial charge in [-0.05, 0) is 66.2 Å². The van der Waals surface area contributed by atoms with Crippen molar-refractivity contribution in [3.05, 3.63) is 145 Å². The van der Waals surface area contributed by atoms with Gasteiger partial charge in [-0.2, -0.15) is 10.5 Å². The summed E-state index contributed by atoms with van der Waals surface area (Å²) in [5.41, 5.74) is 9.78. The molecule has 0 atom stereocenters. The molecule has 0 saturated carbocycles. The van der Waals surface area contributed by atoms with Crippen molar-refractivity contribution in [1.82, 2.24) is 9.13 Å². The van der Waals surface area contributed by atoms with E-state index in [9.17, 15) is 10.5 Å². The van der Waals surface area contributed by atoms with Crippen molar-refractivity contribution in [3.8, 4) is 34.6 Å². The minimum absolute atomic E-state index is 0.638. The Morgan fingerprint density at radius 3 is 1.88 bits per heavy atom. The fourth-order valence-corrected chi connectivity index (χ4v) is 6.37. The zero-order valence-corrected chi connectivity index (χ0v) is 22.5. The maximum absolute atomic E-state index is 9.88. The van der Waals surface area contributed by atoms with E-state index in [4.69, 9.17) is 0 Å². The SMILES string of the molecule is N#Cc1ccc(-n2c3ccccc3c3cccc(-c4ccc5c(c4)c4ccccc4n5-c4ccccc4C#N)c32)cc1. The molecule has 2 aromatic heterocycles. The Morgan fingerprint density at radius 1 is 0.476 bits per heavy atom. The molecule has 4 nitrogen and oxygen atoms in total. The molecule has 8 rings (SSSR count). The fourth-order valence-electron chi connectivity index (χ4n) is 6.37. The molecule has 2 heterocycles. The molecule has 6 aromatic carbocycles. The van der Waals surface area contributed by atoms with E-state index in [0.717, 1.165) is 55.3 Å². The van der Waals surface area contributed by atoms with Gasteiger partial charge in [-0.1, -0.05) is 72.8 Å². The monoisotopic (exact) mass is 534 g/mol. The Bertz CT molecular complexity index is 2430. The molecular formula is C38H22N4. The highest BCUT2D eigenvalue weighted by molar-refractivity contribution is 6.15. The maximum atomic E-state index is 9.88. The third kappa shape index (κ3) is 3.40. The minimum Gasteiger partial charge on any atom is -0.309 e. The first-order valence-corrected chi connectivity index (χ1v) is 13.8. The van der Waals surface area contributed by atoms with E-state index in [-0.39, 0.29) is 0 Å². The third-order valence-corrected chi connectivity index (χ3v) is 8.20. The predicted molar refractivity (Wildman–Crippen MR) is 170 cm³/mol. The topological polar surface area (TPSA) is 57.4 Å². The molecule has 8 aromatic rings. The summed E-state index contributed by atoms with van der Waals surface area (Å²) in [6.07, 6.45) is 0. The second-order valence-corrected chi connectivity index (χ2v) is 10.4. The summed E-state index contributed by atoms with van der Waals surface area (Å²) in [6.45, 7) is 0. The number of aromatic nitrogens is 2. The largest absolute Gasteiger partial charge is 0.309 e. The zero-order chi connectivity index (χ0) is 28.2. The first-order valence-electron chi connectivity index (χ1n) is 13.8. The summed E-state index contributed by atoms with van der Waals surface area (Å²) in [5, 5.41) is 23.9. The molecule has 0 aliphatic carbocycles. The van der Waals surface area contributed by atoms with Crippen molar-refractivity contribution >= 4 is 43.6 Å². The van der Waals surface area contributed by atoms with Crippen molar-refractivity contribution in [2.24, 2.45) is 0 Å². The average molecular weight is 535 g/mol. The Kier molecular flexibility index (Phi) is 5.22. The van der Waals surface area contributed by atoms with Crippen LogP contribution in [0, 0.1) is 22.7 Å². The van der Waals surface area contributed by atoms with Crippen LogP contribution >= 0.6 is 0 Å². The predicted octanol–water partition coefficient (Wildman–Crippen LogP) is 9.29. The van der Waals surface area contributed by atoms with E-state index >= 15 is 0 Å². The fraction of sp³-hybridized carbons (Fsp3) is 0. The number of hydrogen-bond acceptors (Lipinski definition) is 2. The molecular weight excluding hydrogens is 512 g/mol. The van der Waals surface area contributed by atoms with Crippen LogP contribution in [0.3, 0.4) is 0 Å². The molecule has 0 spiro atoms.